The summed E-state index contributed by atoms with van der Waals surface area (Å²) in [4.78, 5) is 0. The lowest BCUT2D eigenvalue weighted by atomic mass is 10.5. The van der Waals surface area contributed by atoms with Crippen molar-refractivity contribution in [3.05, 3.63) is 72.5 Å². The van der Waals surface area contributed by atoms with E-state index in [0.717, 1.165) is 0 Å². The number of phosphoric acid groups is 1. The van der Waals surface area contributed by atoms with E-state index in [1.165, 1.54) is 18.8 Å². The van der Waals surface area contributed by atoms with Crippen molar-refractivity contribution in [3.8, 4) is 0 Å². The highest BCUT2D eigenvalue weighted by atomic mass is 31.2. The van der Waals surface area contributed by atoms with Crippen LogP contribution in [0, 0.1) is 0 Å². The quantitative estimate of drug-likeness (QED) is 0.530. The van der Waals surface area contributed by atoms with Gasteiger partial charge in [-0.05, 0) is 36.4 Å². The van der Waals surface area contributed by atoms with Crippen molar-refractivity contribution in [1.29, 1.82) is 0 Å². The zero-order valence-corrected chi connectivity index (χ0v) is 13.0. The van der Waals surface area contributed by atoms with E-state index in [1.807, 2.05) is 0 Å². The molecule has 0 spiro atoms. The van der Waals surface area contributed by atoms with E-state index in [2.05, 4.69) is 0 Å². The minimum Gasteiger partial charge on any atom is -0.467 e. The molecule has 0 N–H and O–H groups in total. The van der Waals surface area contributed by atoms with Gasteiger partial charge in [-0.25, -0.2) is 4.57 Å². The third-order valence-corrected chi connectivity index (χ3v) is 4.17. The molecule has 0 aromatic carbocycles. The molecule has 122 valence electrons. The molecular formula is C15H15O7P. The topological polar surface area (TPSA) is 84.2 Å². The molecule has 0 aliphatic carbocycles. The molecule has 0 aliphatic rings. The van der Waals surface area contributed by atoms with Crippen LogP contribution in [0.5, 0.6) is 0 Å². The van der Waals surface area contributed by atoms with Crippen molar-refractivity contribution in [2.24, 2.45) is 0 Å². The first-order valence-electron chi connectivity index (χ1n) is 6.84. The van der Waals surface area contributed by atoms with Gasteiger partial charge in [-0.3, -0.25) is 13.6 Å². The second kappa shape index (κ2) is 7.48. The summed E-state index contributed by atoms with van der Waals surface area (Å²) in [6, 6.07) is 10.2. The number of phosphoric ester groups is 1. The van der Waals surface area contributed by atoms with Gasteiger partial charge in [-0.1, -0.05) is 0 Å². The third-order valence-electron chi connectivity index (χ3n) is 2.84. The Morgan fingerprint density at radius 2 is 1.04 bits per heavy atom. The standard InChI is InChI=1S/C15H15O7P/c16-23(20-10-13-4-1-7-17-13,21-11-14-5-2-8-18-14)22-12-15-6-3-9-19-15/h1-9H,10-12H2. The van der Waals surface area contributed by atoms with Gasteiger partial charge in [0.15, 0.2) is 0 Å². The maximum atomic E-state index is 12.7. The van der Waals surface area contributed by atoms with Gasteiger partial charge in [0, 0.05) is 0 Å². The fourth-order valence-electron chi connectivity index (χ4n) is 1.72. The van der Waals surface area contributed by atoms with Crippen molar-refractivity contribution in [2.45, 2.75) is 19.8 Å². The summed E-state index contributed by atoms with van der Waals surface area (Å²) in [5.74, 6) is 1.52. The first kappa shape index (κ1) is 15.8. The van der Waals surface area contributed by atoms with Crippen molar-refractivity contribution in [3.63, 3.8) is 0 Å². The van der Waals surface area contributed by atoms with E-state index >= 15 is 0 Å². The van der Waals surface area contributed by atoms with Gasteiger partial charge in [-0.15, -0.1) is 0 Å². The summed E-state index contributed by atoms with van der Waals surface area (Å²) >= 11 is 0. The molecule has 8 heteroatoms. The third kappa shape index (κ3) is 4.71. The number of hydrogen-bond donors (Lipinski definition) is 0. The van der Waals surface area contributed by atoms with Crippen molar-refractivity contribution in [2.75, 3.05) is 0 Å². The van der Waals surface area contributed by atoms with Crippen LogP contribution in [0.15, 0.2) is 68.4 Å². The highest BCUT2D eigenvalue weighted by Crippen LogP contribution is 2.51. The predicted octanol–water partition coefficient (Wildman–Crippen LogP) is 4.52. The monoisotopic (exact) mass is 338 g/mol. The van der Waals surface area contributed by atoms with Crippen molar-refractivity contribution in [1.82, 2.24) is 0 Å². The molecule has 0 saturated heterocycles. The second-order valence-corrected chi connectivity index (χ2v) is 6.17. The lowest BCUT2D eigenvalue weighted by Crippen LogP contribution is -2.01. The Morgan fingerprint density at radius 3 is 1.30 bits per heavy atom. The normalized spacial score (nSPS) is 11.8. The van der Waals surface area contributed by atoms with Crippen molar-refractivity contribution < 1.29 is 31.4 Å². The van der Waals surface area contributed by atoms with Gasteiger partial charge < -0.3 is 13.3 Å². The number of furan rings is 3. The van der Waals surface area contributed by atoms with Crippen LogP contribution in [-0.2, 0) is 38.0 Å². The Bertz CT molecular complexity index is 616. The zero-order chi connectivity index (χ0) is 16.0. The first-order chi connectivity index (χ1) is 11.2. The Hall–Kier alpha value is -2.05. The SMILES string of the molecule is O=P(OCc1ccco1)(OCc1ccco1)OCc1ccco1. The molecule has 0 atom stereocenters. The minimum atomic E-state index is -3.82. The molecule has 0 amide bonds. The summed E-state index contributed by atoms with van der Waals surface area (Å²) < 4.78 is 44.0. The van der Waals surface area contributed by atoms with Crippen molar-refractivity contribution >= 4 is 7.82 Å². The molecule has 0 saturated carbocycles. The Labute approximate surface area is 132 Å². The van der Waals surface area contributed by atoms with Crippen LogP contribution in [-0.4, -0.2) is 0 Å². The molecule has 0 bridgehead atoms. The van der Waals surface area contributed by atoms with Gasteiger partial charge in [0.2, 0.25) is 0 Å². The summed E-state index contributed by atoms with van der Waals surface area (Å²) in [5.41, 5.74) is 0. The number of hydrogen-bond acceptors (Lipinski definition) is 7. The Kier molecular flexibility index (Phi) is 5.15. The molecule has 23 heavy (non-hydrogen) atoms. The molecule has 3 aromatic heterocycles. The van der Waals surface area contributed by atoms with E-state index in [9.17, 15) is 4.57 Å². The van der Waals surface area contributed by atoms with E-state index in [0.29, 0.717) is 17.3 Å². The molecule has 7 nitrogen and oxygen atoms in total. The van der Waals surface area contributed by atoms with Crippen LogP contribution < -0.4 is 0 Å². The van der Waals surface area contributed by atoms with Crippen LogP contribution in [0.4, 0.5) is 0 Å². The molecule has 3 rings (SSSR count). The van der Waals surface area contributed by atoms with Crippen LogP contribution in [0.2, 0.25) is 0 Å². The van der Waals surface area contributed by atoms with E-state index in [-0.39, 0.29) is 19.8 Å². The molecule has 3 aromatic rings. The molecule has 0 radical (unpaired) electrons. The number of rotatable bonds is 9. The summed E-state index contributed by atoms with van der Waals surface area (Å²) in [5, 5.41) is 0. The highest BCUT2D eigenvalue weighted by Gasteiger charge is 2.28. The lowest BCUT2D eigenvalue weighted by Gasteiger charge is -2.16. The first-order valence-corrected chi connectivity index (χ1v) is 8.30. The van der Waals surface area contributed by atoms with E-state index in [4.69, 9.17) is 26.8 Å². The lowest BCUT2D eigenvalue weighted by molar-refractivity contribution is 0.0835. The summed E-state index contributed by atoms with van der Waals surface area (Å²) in [6.07, 6.45) is 4.49. The van der Waals surface area contributed by atoms with Gasteiger partial charge in [0.1, 0.15) is 37.1 Å². The molecular weight excluding hydrogens is 323 g/mol. The highest BCUT2D eigenvalue weighted by molar-refractivity contribution is 7.48. The zero-order valence-electron chi connectivity index (χ0n) is 12.1. The average Bonchev–Trinajstić information content (AvgIpc) is 3.33. The maximum Gasteiger partial charge on any atom is 0.476 e. The second-order valence-electron chi connectivity index (χ2n) is 4.51. The van der Waals surface area contributed by atoms with Gasteiger partial charge in [0.25, 0.3) is 0 Å². The fraction of sp³-hybridized carbons (Fsp3) is 0.200. The Morgan fingerprint density at radius 1 is 0.696 bits per heavy atom. The van der Waals surface area contributed by atoms with Gasteiger partial charge in [0.05, 0.1) is 18.8 Å². The van der Waals surface area contributed by atoms with E-state index < -0.39 is 7.82 Å². The maximum absolute atomic E-state index is 12.7. The van der Waals surface area contributed by atoms with Crippen LogP contribution >= 0.6 is 7.82 Å². The molecule has 0 fully saturated rings. The van der Waals surface area contributed by atoms with Crippen LogP contribution in [0.1, 0.15) is 17.3 Å². The van der Waals surface area contributed by atoms with Gasteiger partial charge in [-0.2, -0.15) is 0 Å². The average molecular weight is 338 g/mol. The minimum absolute atomic E-state index is 0.0411. The summed E-state index contributed by atoms with van der Waals surface area (Å²) in [7, 11) is -3.82. The van der Waals surface area contributed by atoms with Crippen LogP contribution in [0.25, 0.3) is 0 Å². The van der Waals surface area contributed by atoms with E-state index in [1.54, 1.807) is 36.4 Å². The van der Waals surface area contributed by atoms with Gasteiger partial charge >= 0.3 is 7.82 Å². The Balaban J connectivity index is 1.61. The smallest absolute Gasteiger partial charge is 0.467 e. The largest absolute Gasteiger partial charge is 0.476 e. The molecule has 0 aliphatic heterocycles. The molecule has 0 unspecified atom stereocenters. The van der Waals surface area contributed by atoms with Crippen LogP contribution in [0.3, 0.4) is 0 Å². The summed E-state index contributed by atoms with van der Waals surface area (Å²) in [6.45, 7) is -0.123. The fourth-order valence-corrected chi connectivity index (χ4v) is 2.80. The predicted molar refractivity (Wildman–Crippen MR) is 78.1 cm³/mol. The molecule has 3 heterocycles.